The minimum absolute atomic E-state index is 0. The van der Waals surface area contributed by atoms with Gasteiger partial charge in [0.05, 0.1) is 0 Å². The summed E-state index contributed by atoms with van der Waals surface area (Å²) in [5, 5.41) is 0. The van der Waals surface area contributed by atoms with Gasteiger partial charge in [-0.2, -0.15) is 0 Å². The van der Waals surface area contributed by atoms with Crippen molar-refractivity contribution in [3.63, 3.8) is 0 Å². The van der Waals surface area contributed by atoms with Crippen LogP contribution in [-0.4, -0.2) is 14.9 Å². The van der Waals surface area contributed by atoms with Gasteiger partial charge >= 0.3 is 183 Å². The zero-order chi connectivity index (χ0) is 19.7. The Labute approximate surface area is 206 Å². The molecule has 158 valence electrons. The smallest absolute Gasteiger partial charge is 1.00 e. The van der Waals surface area contributed by atoms with Crippen LogP contribution in [-0.2, 0) is 27.7 Å². The van der Waals surface area contributed by atoms with Crippen LogP contribution < -0.4 is 28.1 Å². The van der Waals surface area contributed by atoms with Gasteiger partial charge in [-0.05, 0) is 0 Å². The fourth-order valence-electron chi connectivity index (χ4n) is 4.37. The first-order valence-electron chi connectivity index (χ1n) is 10.5. The minimum Gasteiger partial charge on any atom is -1.00 e. The van der Waals surface area contributed by atoms with E-state index in [0.717, 1.165) is 13.0 Å². The average molecular weight is 537 g/mol. The summed E-state index contributed by atoms with van der Waals surface area (Å²) in [5.41, 5.74) is 7.68. The fraction of sp³-hybridized carbons (Fsp3) is 0.360. The summed E-state index contributed by atoms with van der Waals surface area (Å²) in [6.07, 6.45) is 8.29. The molecule has 2 aliphatic rings. The summed E-state index contributed by atoms with van der Waals surface area (Å²) in [4.78, 5) is 0. The molecule has 30 heavy (non-hydrogen) atoms. The van der Waals surface area contributed by atoms with E-state index in [9.17, 15) is 0 Å². The van der Waals surface area contributed by atoms with Gasteiger partial charge in [0, 0.05) is 0 Å². The van der Waals surface area contributed by atoms with E-state index in [-0.39, 0.29) is 24.8 Å². The monoisotopic (exact) mass is 534 g/mol. The van der Waals surface area contributed by atoms with Crippen LogP contribution in [0.5, 0.6) is 0 Å². The topological polar surface area (TPSA) is 9.23 Å². The molecule has 0 N–H and O–H groups in total. The summed E-state index contributed by atoms with van der Waals surface area (Å²) < 4.78 is 9.51. The first-order chi connectivity index (χ1) is 13.4. The Morgan fingerprint density at radius 1 is 1.00 bits per heavy atom. The van der Waals surface area contributed by atoms with Gasteiger partial charge < -0.3 is 24.8 Å². The zero-order valence-electron chi connectivity index (χ0n) is 18.3. The Morgan fingerprint density at radius 3 is 2.50 bits per heavy atom. The molecule has 0 aromatic heterocycles. The maximum Gasteiger partial charge on any atom is -1.00 e. The summed E-state index contributed by atoms with van der Waals surface area (Å²) >= 11 is -0.765. The van der Waals surface area contributed by atoms with Crippen molar-refractivity contribution >= 4 is 11.6 Å². The van der Waals surface area contributed by atoms with E-state index in [0.29, 0.717) is 5.92 Å². The Balaban J connectivity index is 0.00000160. The molecule has 2 aromatic carbocycles. The normalized spacial score (nSPS) is 16.5. The predicted octanol–water partition coefficient (Wildman–Crippen LogP) is 0.380. The molecule has 0 spiro atoms. The second-order valence-corrected chi connectivity index (χ2v) is 16.8. The first-order valence-corrected chi connectivity index (χ1v) is 16.3. The molecule has 0 aliphatic heterocycles. The number of hydrogen-bond acceptors (Lipinski definition) is 1. The van der Waals surface area contributed by atoms with Gasteiger partial charge in [-0.25, -0.2) is 0 Å². The van der Waals surface area contributed by atoms with Crippen LogP contribution in [0.25, 0.3) is 11.1 Å². The Kier molecular flexibility index (Phi) is 9.40. The summed E-state index contributed by atoms with van der Waals surface area (Å²) in [6, 6.07) is 16.0. The zero-order valence-corrected chi connectivity index (χ0v) is 23.2. The molecule has 0 heterocycles. The van der Waals surface area contributed by atoms with Crippen LogP contribution in [0.3, 0.4) is 0 Å². The van der Waals surface area contributed by atoms with Crippen LogP contribution in [0.2, 0.25) is 19.6 Å². The van der Waals surface area contributed by atoms with Crippen molar-refractivity contribution < 1.29 is 52.5 Å². The van der Waals surface area contributed by atoms with Crippen molar-refractivity contribution in [1.29, 1.82) is 0 Å². The van der Waals surface area contributed by atoms with E-state index in [1.54, 1.807) is 17.7 Å². The van der Waals surface area contributed by atoms with Gasteiger partial charge in [0.1, 0.15) is 0 Å². The van der Waals surface area contributed by atoms with Gasteiger partial charge in [-0.1, -0.05) is 0 Å². The van der Waals surface area contributed by atoms with E-state index in [1.165, 1.54) is 29.5 Å². The molecule has 2 aromatic rings. The number of hydrogen-bond donors (Lipinski definition) is 0. The van der Waals surface area contributed by atoms with E-state index < -0.39 is 31.6 Å². The summed E-state index contributed by atoms with van der Waals surface area (Å²) in [5.74, 6) is 0.534. The Hall–Kier alpha value is -0.440. The minimum atomic E-state index is -1.39. The molecule has 4 rings (SSSR count). The quantitative estimate of drug-likeness (QED) is 0.368. The van der Waals surface area contributed by atoms with Gasteiger partial charge in [-0.3, -0.25) is 0 Å². The van der Waals surface area contributed by atoms with Crippen molar-refractivity contribution in [2.24, 2.45) is 0 Å². The van der Waals surface area contributed by atoms with Gasteiger partial charge in [0.25, 0.3) is 0 Å². The van der Waals surface area contributed by atoms with Gasteiger partial charge in [0.15, 0.2) is 0 Å². The second kappa shape index (κ2) is 10.9. The largest absolute Gasteiger partial charge is 1.00 e. The van der Waals surface area contributed by atoms with Crippen LogP contribution in [0.15, 0.2) is 63.5 Å². The maximum absolute atomic E-state index is 6.06. The molecule has 0 saturated heterocycles. The standard InChI is InChI=1S/C14H11.C11H19OSi.2ClH.Zr/c1-10-11-6-2-4-8-13(11)14-9-5-3-7-12(10)14;1-13(2,3)12-10-6-9-11-7-4-5-8-11;;;/h2-6,8-10H,1H3;4,7H,5-6,9-10H2,1-3H3;2*1H;/q;;;;+2/p-2. The number of rotatable bonds is 7. The third-order valence-corrected chi connectivity index (χ3v) is 10.5. The fourth-order valence-corrected chi connectivity index (χ4v) is 9.01. The Bertz CT molecular complexity index is 946. The molecule has 0 amide bonds. The summed E-state index contributed by atoms with van der Waals surface area (Å²) in [7, 11) is -1.39. The van der Waals surface area contributed by atoms with Crippen LogP contribution in [0, 0.1) is 0 Å². The van der Waals surface area contributed by atoms with Gasteiger partial charge in [-0.15, -0.1) is 0 Å². The van der Waals surface area contributed by atoms with E-state index >= 15 is 0 Å². The molecule has 0 bridgehead atoms. The third-order valence-electron chi connectivity index (χ3n) is 5.70. The van der Waals surface area contributed by atoms with Crippen molar-refractivity contribution in [1.82, 2.24) is 0 Å². The predicted molar refractivity (Wildman–Crippen MR) is 118 cm³/mol. The SMILES string of the molecule is CC1c2ccccc2-c2ccc[c]([Zr+2][C]3=C(CCCO[Si](C)(C)C)C=CC3)c21.[Cl-].[Cl-]. The molecule has 0 saturated carbocycles. The van der Waals surface area contributed by atoms with Crippen LogP contribution >= 0.6 is 0 Å². The van der Waals surface area contributed by atoms with Crippen molar-refractivity contribution in [2.45, 2.75) is 51.7 Å². The molecule has 2 aliphatic carbocycles. The maximum atomic E-state index is 6.06. The molecule has 0 fully saturated rings. The number of benzene rings is 2. The number of fused-ring (bicyclic) bond motifs is 3. The molecule has 5 heteroatoms. The third kappa shape index (κ3) is 5.67. The van der Waals surface area contributed by atoms with E-state index in [2.05, 4.69) is 81.2 Å². The van der Waals surface area contributed by atoms with E-state index in [1.807, 2.05) is 0 Å². The van der Waals surface area contributed by atoms with Crippen LogP contribution in [0.4, 0.5) is 0 Å². The van der Waals surface area contributed by atoms with Crippen LogP contribution in [0.1, 0.15) is 43.2 Å². The number of halogens is 2. The van der Waals surface area contributed by atoms with Crippen molar-refractivity contribution in [2.75, 3.05) is 6.61 Å². The molecule has 1 unspecified atom stereocenters. The first kappa shape index (κ1) is 25.8. The number of allylic oxidation sites excluding steroid dienone is 4. The molecule has 1 atom stereocenters. The summed E-state index contributed by atoms with van der Waals surface area (Å²) in [6.45, 7) is 10.1. The molecular weight excluding hydrogens is 506 g/mol. The van der Waals surface area contributed by atoms with Crippen molar-refractivity contribution in [3.05, 3.63) is 74.6 Å². The Morgan fingerprint density at radius 2 is 1.73 bits per heavy atom. The molecule has 0 radical (unpaired) electrons. The van der Waals surface area contributed by atoms with Gasteiger partial charge in [0.2, 0.25) is 0 Å². The van der Waals surface area contributed by atoms with Crippen molar-refractivity contribution in [3.8, 4) is 11.1 Å². The molecular formula is C25H30Cl2OSiZr. The van der Waals surface area contributed by atoms with E-state index in [4.69, 9.17) is 4.43 Å². The average Bonchev–Trinajstić information content (AvgIpc) is 3.22. The molecule has 1 nitrogen and oxygen atoms in total. The second-order valence-electron chi connectivity index (χ2n) is 8.88.